The SMILES string of the molecule is COC(c1ccccc1)C(Br)C(=O)c1cc(Cl)ccc1O. The predicted octanol–water partition coefficient (Wildman–Crippen LogP) is 4.38. The van der Waals surface area contributed by atoms with E-state index in [1.807, 2.05) is 30.3 Å². The molecule has 0 amide bonds. The van der Waals surface area contributed by atoms with E-state index in [4.69, 9.17) is 16.3 Å². The molecule has 0 saturated carbocycles. The zero-order chi connectivity index (χ0) is 15.4. The van der Waals surface area contributed by atoms with Gasteiger partial charge >= 0.3 is 0 Å². The predicted molar refractivity (Wildman–Crippen MR) is 86.4 cm³/mol. The molecule has 2 aromatic rings. The van der Waals surface area contributed by atoms with Crippen LogP contribution in [0.3, 0.4) is 0 Å². The molecule has 110 valence electrons. The number of rotatable bonds is 5. The van der Waals surface area contributed by atoms with Crippen LogP contribution in [-0.4, -0.2) is 22.8 Å². The van der Waals surface area contributed by atoms with Gasteiger partial charge in [0.05, 0.1) is 5.56 Å². The lowest BCUT2D eigenvalue weighted by molar-refractivity contribution is 0.0768. The number of aromatic hydroxyl groups is 1. The molecule has 21 heavy (non-hydrogen) atoms. The van der Waals surface area contributed by atoms with Crippen molar-refractivity contribution in [3.05, 3.63) is 64.7 Å². The van der Waals surface area contributed by atoms with Crippen LogP contribution in [0.15, 0.2) is 48.5 Å². The number of halogens is 2. The first-order chi connectivity index (χ1) is 10.0. The second-order valence-corrected chi connectivity index (χ2v) is 5.92. The van der Waals surface area contributed by atoms with Gasteiger partial charge in [-0.1, -0.05) is 57.9 Å². The summed E-state index contributed by atoms with van der Waals surface area (Å²) >= 11 is 9.26. The maximum atomic E-state index is 12.5. The third-order valence-corrected chi connectivity index (χ3v) is 4.25. The minimum absolute atomic E-state index is 0.100. The van der Waals surface area contributed by atoms with Gasteiger partial charge in [0.25, 0.3) is 0 Å². The number of phenolic OH excluding ortho intramolecular Hbond substituents is 1. The summed E-state index contributed by atoms with van der Waals surface area (Å²) in [6.07, 6.45) is -0.461. The van der Waals surface area contributed by atoms with Crippen LogP contribution in [0.25, 0.3) is 0 Å². The van der Waals surface area contributed by atoms with Crippen molar-refractivity contribution >= 4 is 33.3 Å². The monoisotopic (exact) mass is 368 g/mol. The van der Waals surface area contributed by atoms with Crippen LogP contribution >= 0.6 is 27.5 Å². The Morgan fingerprint density at radius 2 is 1.90 bits per heavy atom. The fourth-order valence-electron chi connectivity index (χ4n) is 2.06. The molecule has 0 aliphatic rings. The summed E-state index contributed by atoms with van der Waals surface area (Å²) in [6, 6.07) is 13.8. The number of carbonyl (C=O) groups is 1. The van der Waals surface area contributed by atoms with Crippen molar-refractivity contribution in [3.8, 4) is 5.75 Å². The zero-order valence-electron chi connectivity index (χ0n) is 11.3. The van der Waals surface area contributed by atoms with Crippen LogP contribution in [-0.2, 0) is 4.74 Å². The van der Waals surface area contributed by atoms with Gasteiger partial charge in [0.1, 0.15) is 16.7 Å². The van der Waals surface area contributed by atoms with Gasteiger partial charge in [-0.25, -0.2) is 0 Å². The number of hydrogen-bond acceptors (Lipinski definition) is 3. The molecule has 2 unspecified atom stereocenters. The molecule has 2 aromatic carbocycles. The molecule has 0 spiro atoms. The molecular weight excluding hydrogens is 356 g/mol. The van der Waals surface area contributed by atoms with Crippen molar-refractivity contribution in [2.45, 2.75) is 10.9 Å². The van der Waals surface area contributed by atoms with Crippen LogP contribution in [0.4, 0.5) is 0 Å². The van der Waals surface area contributed by atoms with E-state index < -0.39 is 10.9 Å². The number of methoxy groups -OCH3 is 1. The topological polar surface area (TPSA) is 46.5 Å². The van der Waals surface area contributed by atoms with E-state index in [2.05, 4.69) is 15.9 Å². The van der Waals surface area contributed by atoms with Gasteiger partial charge in [0, 0.05) is 12.1 Å². The van der Waals surface area contributed by atoms with Gasteiger partial charge in [-0.15, -0.1) is 0 Å². The molecule has 0 saturated heterocycles. The summed E-state index contributed by atoms with van der Waals surface area (Å²) in [5.41, 5.74) is 1.04. The number of hydrogen-bond donors (Lipinski definition) is 1. The van der Waals surface area contributed by atoms with Crippen molar-refractivity contribution in [2.75, 3.05) is 7.11 Å². The summed E-state index contributed by atoms with van der Waals surface area (Å²) < 4.78 is 5.43. The highest BCUT2D eigenvalue weighted by molar-refractivity contribution is 9.10. The highest BCUT2D eigenvalue weighted by atomic mass is 79.9. The number of phenols is 1. The van der Waals surface area contributed by atoms with Crippen LogP contribution in [0.2, 0.25) is 5.02 Å². The molecule has 0 aromatic heterocycles. The Kier molecular flexibility index (Phi) is 5.39. The van der Waals surface area contributed by atoms with E-state index >= 15 is 0 Å². The van der Waals surface area contributed by atoms with Crippen LogP contribution < -0.4 is 0 Å². The Bertz CT molecular complexity index is 631. The number of alkyl halides is 1. The fraction of sp³-hybridized carbons (Fsp3) is 0.188. The first kappa shape index (κ1) is 16.0. The summed E-state index contributed by atoms with van der Waals surface area (Å²) in [6.45, 7) is 0. The second-order valence-electron chi connectivity index (χ2n) is 4.49. The molecule has 0 radical (unpaired) electrons. The molecule has 0 bridgehead atoms. The van der Waals surface area contributed by atoms with E-state index in [1.165, 1.54) is 25.3 Å². The Morgan fingerprint density at radius 1 is 1.24 bits per heavy atom. The van der Waals surface area contributed by atoms with Crippen LogP contribution in [0.1, 0.15) is 22.0 Å². The van der Waals surface area contributed by atoms with Crippen molar-refractivity contribution in [1.29, 1.82) is 0 Å². The minimum atomic E-state index is -0.630. The maximum Gasteiger partial charge on any atom is 0.183 e. The fourth-order valence-corrected chi connectivity index (χ4v) is 3.00. The van der Waals surface area contributed by atoms with Crippen molar-refractivity contribution in [1.82, 2.24) is 0 Å². The van der Waals surface area contributed by atoms with Gasteiger partial charge in [-0.2, -0.15) is 0 Å². The first-order valence-corrected chi connectivity index (χ1v) is 7.58. The average Bonchev–Trinajstić information content (AvgIpc) is 2.50. The van der Waals surface area contributed by atoms with Crippen LogP contribution in [0, 0.1) is 0 Å². The molecule has 0 heterocycles. The highest BCUT2D eigenvalue weighted by Gasteiger charge is 2.29. The number of benzene rings is 2. The Hall–Kier alpha value is -1.36. The average molecular weight is 370 g/mol. The number of carbonyl (C=O) groups excluding carboxylic acids is 1. The Morgan fingerprint density at radius 3 is 2.52 bits per heavy atom. The number of Topliss-reactive ketones (excluding diaryl/α,β-unsaturated/α-hetero) is 1. The van der Waals surface area contributed by atoms with Crippen molar-refractivity contribution in [2.24, 2.45) is 0 Å². The molecule has 2 rings (SSSR count). The smallest absolute Gasteiger partial charge is 0.183 e. The maximum absolute atomic E-state index is 12.5. The summed E-state index contributed by atoms with van der Waals surface area (Å²) in [7, 11) is 1.54. The molecule has 0 aliphatic carbocycles. The minimum Gasteiger partial charge on any atom is -0.507 e. The van der Waals surface area contributed by atoms with Gasteiger partial charge in [0.2, 0.25) is 0 Å². The van der Waals surface area contributed by atoms with E-state index in [1.54, 1.807) is 0 Å². The zero-order valence-corrected chi connectivity index (χ0v) is 13.6. The molecule has 2 atom stereocenters. The van der Waals surface area contributed by atoms with E-state index in [9.17, 15) is 9.90 Å². The lowest BCUT2D eigenvalue weighted by atomic mass is 9.99. The van der Waals surface area contributed by atoms with E-state index in [-0.39, 0.29) is 17.1 Å². The lowest BCUT2D eigenvalue weighted by Gasteiger charge is -2.21. The van der Waals surface area contributed by atoms with E-state index in [0.29, 0.717) is 5.02 Å². The van der Waals surface area contributed by atoms with Gasteiger partial charge in [0.15, 0.2) is 5.78 Å². The van der Waals surface area contributed by atoms with Gasteiger partial charge in [-0.3, -0.25) is 4.79 Å². The summed E-state index contributed by atoms with van der Waals surface area (Å²) in [5, 5.41) is 10.2. The largest absolute Gasteiger partial charge is 0.507 e. The third-order valence-electron chi connectivity index (χ3n) is 3.12. The van der Waals surface area contributed by atoms with Crippen LogP contribution in [0.5, 0.6) is 5.75 Å². The molecule has 5 heteroatoms. The van der Waals surface area contributed by atoms with Gasteiger partial charge < -0.3 is 9.84 Å². The lowest BCUT2D eigenvalue weighted by Crippen LogP contribution is -2.24. The number of ether oxygens (including phenoxy) is 1. The van der Waals surface area contributed by atoms with Gasteiger partial charge in [-0.05, 0) is 23.8 Å². The normalized spacial score (nSPS) is 13.7. The quantitative estimate of drug-likeness (QED) is 0.628. The van der Waals surface area contributed by atoms with Crippen molar-refractivity contribution in [3.63, 3.8) is 0 Å². The first-order valence-electron chi connectivity index (χ1n) is 6.29. The third kappa shape index (κ3) is 3.64. The molecule has 1 N–H and O–H groups in total. The van der Waals surface area contributed by atoms with E-state index in [0.717, 1.165) is 5.56 Å². The molecule has 0 fully saturated rings. The standard InChI is InChI=1S/C16H14BrClO3/c1-21-16(10-5-3-2-4-6-10)14(17)15(20)12-9-11(18)7-8-13(12)19/h2-9,14,16,19H,1H3. The summed E-state index contributed by atoms with van der Waals surface area (Å²) in [4.78, 5) is 11.9. The molecule has 0 aliphatic heterocycles. The Balaban J connectivity index is 2.31. The number of ketones is 1. The van der Waals surface area contributed by atoms with Crippen molar-refractivity contribution < 1.29 is 14.6 Å². The summed E-state index contributed by atoms with van der Waals surface area (Å²) in [5.74, 6) is -0.387. The Labute approximate surface area is 136 Å². The molecular formula is C16H14BrClO3. The highest BCUT2D eigenvalue weighted by Crippen LogP contribution is 2.31. The molecule has 3 nitrogen and oxygen atoms in total. The second kappa shape index (κ2) is 7.07.